The van der Waals surface area contributed by atoms with Crippen molar-refractivity contribution in [2.45, 2.75) is 32.8 Å². The highest BCUT2D eigenvalue weighted by Crippen LogP contribution is 2.33. The minimum Gasteiger partial charge on any atom is -0.443 e. The summed E-state index contributed by atoms with van der Waals surface area (Å²) in [5, 5.41) is 4.38. The van der Waals surface area contributed by atoms with Crippen molar-refractivity contribution < 1.29 is 9.53 Å². The Balaban J connectivity index is 2.25. The molecule has 1 aromatic heterocycles. The number of carbonyl (C=O) groups excluding carboxylic acids is 1. The second-order valence-electron chi connectivity index (χ2n) is 5.09. The van der Waals surface area contributed by atoms with Gasteiger partial charge in [-0.2, -0.15) is 5.10 Å². The van der Waals surface area contributed by atoms with E-state index in [9.17, 15) is 4.79 Å². The van der Waals surface area contributed by atoms with E-state index in [1.54, 1.807) is 9.58 Å². The summed E-state index contributed by atoms with van der Waals surface area (Å²) in [5.74, 6) is 0. The second kappa shape index (κ2) is 4.15. The molecule has 0 saturated heterocycles. The maximum atomic E-state index is 12.0. The van der Waals surface area contributed by atoms with Crippen molar-refractivity contribution >= 4 is 34.4 Å². The van der Waals surface area contributed by atoms with Crippen LogP contribution in [0.15, 0.2) is 0 Å². The molecule has 1 aromatic rings. The van der Waals surface area contributed by atoms with Gasteiger partial charge < -0.3 is 4.74 Å². The van der Waals surface area contributed by atoms with E-state index in [4.69, 9.17) is 4.74 Å². The van der Waals surface area contributed by atoms with Crippen LogP contribution in [0.2, 0.25) is 0 Å². The van der Waals surface area contributed by atoms with Crippen LogP contribution in [0, 0.1) is 3.70 Å². The molecule has 0 bridgehead atoms. The fourth-order valence-electron chi connectivity index (χ4n) is 1.81. The van der Waals surface area contributed by atoms with Crippen LogP contribution in [0.1, 0.15) is 26.5 Å². The van der Waals surface area contributed by atoms with Crippen LogP contribution in [0.5, 0.6) is 0 Å². The lowest BCUT2D eigenvalue weighted by atomic mass is 10.2. The number of rotatable bonds is 0. The first-order valence-corrected chi connectivity index (χ1v) is 6.59. The zero-order valence-electron chi connectivity index (χ0n) is 10.5. The monoisotopic (exact) mass is 349 g/mol. The summed E-state index contributed by atoms with van der Waals surface area (Å²) in [6.07, 6.45) is 0.507. The van der Waals surface area contributed by atoms with E-state index in [0.29, 0.717) is 6.54 Å². The largest absolute Gasteiger partial charge is 0.443 e. The molecule has 5 nitrogen and oxygen atoms in total. The van der Waals surface area contributed by atoms with Gasteiger partial charge in [-0.1, -0.05) is 0 Å². The van der Waals surface area contributed by atoms with E-state index < -0.39 is 5.60 Å². The predicted molar refractivity (Wildman–Crippen MR) is 73.2 cm³/mol. The average Bonchev–Trinajstić information content (AvgIpc) is 2.67. The van der Waals surface area contributed by atoms with E-state index in [0.717, 1.165) is 21.5 Å². The van der Waals surface area contributed by atoms with Gasteiger partial charge in [-0.05, 0) is 43.4 Å². The van der Waals surface area contributed by atoms with Crippen LogP contribution in [-0.4, -0.2) is 28.0 Å². The number of aromatic nitrogens is 2. The SMILES string of the molecule is Cn1nc2c(c1I)N(C(=O)OC(C)(C)C)CC2. The lowest BCUT2D eigenvalue weighted by Gasteiger charge is -2.24. The van der Waals surface area contributed by atoms with E-state index >= 15 is 0 Å². The maximum absolute atomic E-state index is 12.0. The standard InChI is InChI=1S/C11H16IN3O2/c1-11(2,3)17-10(16)15-6-5-7-8(15)9(12)14(4)13-7/h5-6H2,1-4H3. The zero-order valence-corrected chi connectivity index (χ0v) is 12.6. The Kier molecular flexibility index (Phi) is 3.09. The van der Waals surface area contributed by atoms with Crippen LogP contribution in [0.25, 0.3) is 0 Å². The lowest BCUT2D eigenvalue weighted by molar-refractivity contribution is 0.0583. The summed E-state index contributed by atoms with van der Waals surface area (Å²) in [5.41, 5.74) is 1.41. The minimum absolute atomic E-state index is 0.290. The van der Waals surface area contributed by atoms with Gasteiger partial charge in [0.15, 0.2) is 0 Å². The highest BCUT2D eigenvalue weighted by Gasteiger charge is 2.33. The molecule has 0 radical (unpaired) electrons. The van der Waals surface area contributed by atoms with Crippen molar-refractivity contribution in [1.82, 2.24) is 9.78 Å². The van der Waals surface area contributed by atoms with Crippen molar-refractivity contribution in [3.05, 3.63) is 9.39 Å². The highest BCUT2D eigenvalue weighted by atomic mass is 127. The van der Waals surface area contributed by atoms with Crippen LogP contribution < -0.4 is 4.90 Å². The van der Waals surface area contributed by atoms with E-state index in [1.165, 1.54) is 0 Å². The summed E-state index contributed by atoms with van der Waals surface area (Å²) in [7, 11) is 1.88. The normalized spacial score (nSPS) is 15.0. The third-order valence-corrected chi connectivity index (χ3v) is 3.69. The molecule has 0 aromatic carbocycles. The number of ether oxygens (including phenoxy) is 1. The third kappa shape index (κ3) is 2.41. The summed E-state index contributed by atoms with van der Waals surface area (Å²) in [4.78, 5) is 13.7. The fraction of sp³-hybridized carbons (Fsp3) is 0.636. The molecule has 0 unspecified atom stereocenters. The number of hydrogen-bond donors (Lipinski definition) is 0. The Morgan fingerprint density at radius 3 is 2.71 bits per heavy atom. The molecule has 1 aliphatic heterocycles. The van der Waals surface area contributed by atoms with Crippen molar-refractivity contribution in [1.29, 1.82) is 0 Å². The molecule has 0 atom stereocenters. The van der Waals surface area contributed by atoms with Crippen LogP contribution in [0.3, 0.4) is 0 Å². The van der Waals surface area contributed by atoms with Crippen molar-refractivity contribution in [3.63, 3.8) is 0 Å². The molecule has 17 heavy (non-hydrogen) atoms. The Labute approximate surface area is 114 Å². The van der Waals surface area contributed by atoms with Gasteiger partial charge in [0.25, 0.3) is 0 Å². The molecule has 0 fully saturated rings. The Morgan fingerprint density at radius 1 is 1.47 bits per heavy atom. The van der Waals surface area contributed by atoms with Gasteiger partial charge in [-0.15, -0.1) is 0 Å². The molecule has 0 spiro atoms. The number of nitrogens with zero attached hydrogens (tertiary/aromatic N) is 3. The van der Waals surface area contributed by atoms with Gasteiger partial charge in [0.05, 0.1) is 5.69 Å². The van der Waals surface area contributed by atoms with Crippen molar-refractivity contribution in [2.75, 3.05) is 11.4 Å². The van der Waals surface area contributed by atoms with Gasteiger partial charge in [0.1, 0.15) is 15.0 Å². The van der Waals surface area contributed by atoms with Crippen LogP contribution in [0.4, 0.5) is 10.5 Å². The first-order chi connectivity index (χ1) is 7.79. The van der Waals surface area contributed by atoms with E-state index in [-0.39, 0.29) is 6.09 Å². The van der Waals surface area contributed by atoms with E-state index in [2.05, 4.69) is 27.7 Å². The molecule has 94 valence electrons. The first kappa shape index (κ1) is 12.7. The summed E-state index contributed by atoms with van der Waals surface area (Å²) < 4.78 is 8.16. The smallest absolute Gasteiger partial charge is 0.414 e. The predicted octanol–water partition coefficient (Wildman–Crippen LogP) is 2.32. The fourth-order valence-corrected chi connectivity index (χ4v) is 2.52. The van der Waals surface area contributed by atoms with E-state index in [1.807, 2.05) is 27.8 Å². The summed E-state index contributed by atoms with van der Waals surface area (Å²) in [6.45, 7) is 6.27. The number of carbonyl (C=O) groups is 1. The quantitative estimate of drug-likeness (QED) is 0.676. The summed E-state index contributed by atoms with van der Waals surface area (Å²) >= 11 is 2.20. The lowest BCUT2D eigenvalue weighted by Crippen LogP contribution is -2.36. The average molecular weight is 349 g/mol. The second-order valence-corrected chi connectivity index (χ2v) is 6.11. The molecular weight excluding hydrogens is 333 g/mol. The van der Waals surface area contributed by atoms with Crippen molar-refractivity contribution in [2.24, 2.45) is 7.05 Å². The number of aryl methyl sites for hydroxylation is 1. The topological polar surface area (TPSA) is 47.4 Å². The van der Waals surface area contributed by atoms with Gasteiger partial charge in [0.2, 0.25) is 0 Å². The molecule has 0 aliphatic carbocycles. The number of amides is 1. The first-order valence-electron chi connectivity index (χ1n) is 5.51. The molecule has 2 heterocycles. The van der Waals surface area contributed by atoms with Crippen LogP contribution >= 0.6 is 22.6 Å². The zero-order chi connectivity index (χ0) is 12.8. The number of anilines is 1. The molecule has 0 N–H and O–H groups in total. The molecule has 1 aliphatic rings. The Bertz CT molecular complexity index is 462. The van der Waals surface area contributed by atoms with Gasteiger partial charge in [-0.25, -0.2) is 4.79 Å². The van der Waals surface area contributed by atoms with Gasteiger partial charge in [-0.3, -0.25) is 9.58 Å². The Hall–Kier alpha value is -0.790. The number of halogens is 1. The Morgan fingerprint density at radius 2 is 2.12 bits per heavy atom. The molecule has 6 heteroatoms. The molecule has 2 rings (SSSR count). The summed E-state index contributed by atoms with van der Waals surface area (Å²) in [6, 6.07) is 0. The van der Waals surface area contributed by atoms with Gasteiger partial charge in [0, 0.05) is 20.0 Å². The molecule has 1 amide bonds. The highest BCUT2D eigenvalue weighted by molar-refractivity contribution is 14.1. The molecular formula is C11H16IN3O2. The van der Waals surface area contributed by atoms with Crippen LogP contribution in [-0.2, 0) is 18.2 Å². The van der Waals surface area contributed by atoms with Crippen molar-refractivity contribution in [3.8, 4) is 0 Å². The minimum atomic E-state index is -0.465. The number of hydrogen-bond acceptors (Lipinski definition) is 3. The molecule has 0 saturated carbocycles. The maximum Gasteiger partial charge on any atom is 0.414 e. The van der Waals surface area contributed by atoms with Gasteiger partial charge >= 0.3 is 6.09 Å². The number of fused-ring (bicyclic) bond motifs is 1. The third-order valence-electron chi connectivity index (χ3n) is 2.48.